The first-order valence-corrected chi connectivity index (χ1v) is 12.4. The van der Waals surface area contributed by atoms with Gasteiger partial charge in [0.15, 0.2) is 6.10 Å². The Morgan fingerprint density at radius 3 is 2.19 bits per heavy atom. The van der Waals surface area contributed by atoms with E-state index in [1.165, 1.54) is 16.2 Å². The Morgan fingerprint density at radius 2 is 1.77 bits per heavy atom. The van der Waals surface area contributed by atoms with Crippen LogP contribution in [0.5, 0.6) is 0 Å². The molecule has 2 atom stereocenters. The van der Waals surface area contributed by atoms with Gasteiger partial charge in [-0.3, -0.25) is 4.79 Å². The Morgan fingerprint density at radius 1 is 1.19 bits per heavy atom. The molecule has 0 N–H and O–H groups in total. The van der Waals surface area contributed by atoms with Crippen molar-refractivity contribution in [1.29, 1.82) is 0 Å². The van der Waals surface area contributed by atoms with Gasteiger partial charge in [-0.2, -0.15) is 0 Å². The summed E-state index contributed by atoms with van der Waals surface area (Å²) >= 11 is 1.54. The number of hydrogen-bond donors (Lipinski definition) is 0. The van der Waals surface area contributed by atoms with E-state index >= 15 is 0 Å². The highest BCUT2D eigenvalue weighted by Gasteiger charge is 2.58. The topological polar surface area (TPSA) is 55.8 Å². The summed E-state index contributed by atoms with van der Waals surface area (Å²) in [5.41, 5.74) is 1.11. The second kappa shape index (κ2) is 8.23. The summed E-state index contributed by atoms with van der Waals surface area (Å²) in [7, 11) is -2.23. The van der Waals surface area contributed by atoms with Crippen LogP contribution in [0.1, 0.15) is 59.4 Å². The van der Waals surface area contributed by atoms with Gasteiger partial charge in [0.2, 0.25) is 8.32 Å². The standard InChI is InChI=1S/C19H31NO4SSi/c1-8-23-19(22)20-16(15-10-9-11-25-15)17(18(20)21)24-26(12(2)3,13(4)5)14(6)7/h9-14,16-17H,8H2,1-7H3/t16-,17-/m1/s1. The zero-order chi connectivity index (χ0) is 19.6. The maximum atomic E-state index is 12.9. The lowest BCUT2D eigenvalue weighted by molar-refractivity contribution is -0.160. The lowest BCUT2D eigenvalue weighted by atomic mass is 9.97. The molecule has 1 aliphatic heterocycles. The molecule has 146 valence electrons. The molecule has 1 aromatic heterocycles. The minimum Gasteiger partial charge on any atom is -0.449 e. The molecule has 7 heteroatoms. The number of likely N-dealkylation sites (tertiary alicyclic amines) is 1. The maximum Gasteiger partial charge on any atom is 0.417 e. The van der Waals surface area contributed by atoms with Crippen LogP contribution < -0.4 is 0 Å². The third-order valence-corrected chi connectivity index (χ3v) is 12.4. The van der Waals surface area contributed by atoms with Gasteiger partial charge in [-0.05, 0) is 35.0 Å². The van der Waals surface area contributed by atoms with E-state index in [0.29, 0.717) is 16.6 Å². The van der Waals surface area contributed by atoms with Crippen molar-refractivity contribution in [2.45, 2.75) is 77.2 Å². The Bertz CT molecular complexity index is 608. The van der Waals surface area contributed by atoms with Crippen LogP contribution in [0.4, 0.5) is 4.79 Å². The lowest BCUT2D eigenvalue weighted by Crippen LogP contribution is -2.66. The highest BCUT2D eigenvalue weighted by Crippen LogP contribution is 2.48. The molecule has 0 radical (unpaired) electrons. The van der Waals surface area contributed by atoms with Gasteiger partial charge in [-0.15, -0.1) is 11.3 Å². The smallest absolute Gasteiger partial charge is 0.417 e. The molecule has 2 rings (SSSR count). The Kier molecular flexibility index (Phi) is 6.68. The molecule has 0 unspecified atom stereocenters. The van der Waals surface area contributed by atoms with Gasteiger partial charge < -0.3 is 9.16 Å². The third kappa shape index (κ3) is 3.49. The minimum atomic E-state index is -2.23. The Labute approximate surface area is 161 Å². The van der Waals surface area contributed by atoms with E-state index in [4.69, 9.17) is 9.16 Å². The monoisotopic (exact) mass is 397 g/mol. The van der Waals surface area contributed by atoms with Gasteiger partial charge in [-0.25, -0.2) is 9.69 Å². The summed E-state index contributed by atoms with van der Waals surface area (Å²) in [6.07, 6.45) is -1.18. The van der Waals surface area contributed by atoms with Crippen molar-refractivity contribution in [3.05, 3.63) is 22.4 Å². The van der Waals surface area contributed by atoms with Crippen molar-refractivity contribution in [2.24, 2.45) is 0 Å². The zero-order valence-corrected chi connectivity index (χ0v) is 18.6. The number of thiophene rings is 1. The van der Waals surface area contributed by atoms with Gasteiger partial charge in [0, 0.05) is 4.88 Å². The molecular formula is C19H31NO4SSi. The molecule has 0 aliphatic carbocycles. The van der Waals surface area contributed by atoms with E-state index in [2.05, 4.69) is 41.5 Å². The largest absolute Gasteiger partial charge is 0.449 e. The van der Waals surface area contributed by atoms with Gasteiger partial charge in [-0.1, -0.05) is 47.6 Å². The predicted octanol–water partition coefficient (Wildman–Crippen LogP) is 5.35. The Hall–Kier alpha value is -1.18. The van der Waals surface area contributed by atoms with Gasteiger partial charge in [0.05, 0.1) is 6.61 Å². The molecule has 1 aromatic rings. The molecule has 1 saturated heterocycles. The van der Waals surface area contributed by atoms with Crippen molar-refractivity contribution >= 4 is 31.7 Å². The SMILES string of the molecule is CCOC(=O)N1C(=O)[C@H](O[Si](C(C)C)(C(C)C)C(C)C)[C@H]1c1cccs1. The summed E-state index contributed by atoms with van der Waals surface area (Å²) in [5.74, 6) is -0.277. The van der Waals surface area contributed by atoms with Crippen molar-refractivity contribution in [3.63, 3.8) is 0 Å². The quantitative estimate of drug-likeness (QED) is 0.460. The van der Waals surface area contributed by atoms with Crippen molar-refractivity contribution in [1.82, 2.24) is 4.90 Å². The van der Waals surface area contributed by atoms with Crippen molar-refractivity contribution in [2.75, 3.05) is 6.61 Å². The number of carbonyl (C=O) groups is 2. The first-order chi connectivity index (χ1) is 12.2. The number of amides is 2. The van der Waals surface area contributed by atoms with Crippen LogP contribution in [0.2, 0.25) is 16.6 Å². The van der Waals surface area contributed by atoms with E-state index in [-0.39, 0.29) is 18.6 Å². The van der Waals surface area contributed by atoms with Crippen LogP contribution in [0.15, 0.2) is 17.5 Å². The summed E-state index contributed by atoms with van der Waals surface area (Å²) in [6, 6.07) is 3.50. The number of ether oxygens (including phenoxy) is 1. The fraction of sp³-hybridized carbons (Fsp3) is 0.684. The molecule has 0 aromatic carbocycles. The average Bonchev–Trinajstić information content (AvgIpc) is 3.05. The molecule has 1 aliphatic rings. The van der Waals surface area contributed by atoms with E-state index in [9.17, 15) is 9.59 Å². The normalized spacial score (nSPS) is 20.8. The predicted molar refractivity (Wildman–Crippen MR) is 107 cm³/mol. The van der Waals surface area contributed by atoms with Crippen LogP contribution in [0.3, 0.4) is 0 Å². The summed E-state index contributed by atoms with van der Waals surface area (Å²) in [5, 5.41) is 1.95. The first kappa shape index (κ1) is 21.1. The minimum absolute atomic E-state index is 0.244. The summed E-state index contributed by atoms with van der Waals surface area (Å²) in [4.78, 5) is 27.3. The summed E-state index contributed by atoms with van der Waals surface area (Å²) in [6.45, 7) is 15.1. The molecule has 0 saturated carbocycles. The first-order valence-electron chi connectivity index (χ1n) is 9.39. The molecule has 5 nitrogen and oxygen atoms in total. The molecule has 2 heterocycles. The van der Waals surface area contributed by atoms with Gasteiger partial charge in [0.25, 0.3) is 5.91 Å². The van der Waals surface area contributed by atoms with Gasteiger partial charge >= 0.3 is 6.09 Å². The fourth-order valence-corrected chi connectivity index (χ4v) is 10.7. The van der Waals surface area contributed by atoms with E-state index in [1.54, 1.807) is 6.92 Å². The van der Waals surface area contributed by atoms with Crippen LogP contribution in [0.25, 0.3) is 0 Å². The molecule has 26 heavy (non-hydrogen) atoms. The van der Waals surface area contributed by atoms with Gasteiger partial charge in [0.1, 0.15) is 6.04 Å². The number of rotatable bonds is 7. The number of nitrogens with zero attached hydrogens (tertiary/aromatic N) is 1. The van der Waals surface area contributed by atoms with Crippen LogP contribution in [-0.4, -0.2) is 37.9 Å². The molecule has 0 spiro atoms. The molecular weight excluding hydrogens is 366 g/mol. The molecule has 0 bridgehead atoms. The number of carbonyl (C=O) groups excluding carboxylic acids is 2. The zero-order valence-electron chi connectivity index (χ0n) is 16.8. The van der Waals surface area contributed by atoms with E-state index < -0.39 is 20.5 Å². The highest BCUT2D eigenvalue weighted by molar-refractivity contribution is 7.10. The number of hydrogen-bond acceptors (Lipinski definition) is 5. The molecule has 2 amide bonds. The van der Waals surface area contributed by atoms with Crippen LogP contribution in [-0.2, 0) is 14.0 Å². The highest BCUT2D eigenvalue weighted by atomic mass is 32.1. The second-order valence-electron chi connectivity index (χ2n) is 7.72. The third-order valence-electron chi connectivity index (χ3n) is 5.38. The average molecular weight is 398 g/mol. The van der Waals surface area contributed by atoms with Crippen LogP contribution >= 0.6 is 11.3 Å². The number of β-lactam (4-membered cyclic amide) rings is 1. The Balaban J connectivity index is 2.37. The van der Waals surface area contributed by atoms with Crippen molar-refractivity contribution < 1.29 is 18.8 Å². The number of imide groups is 1. The second-order valence-corrected chi connectivity index (χ2v) is 14.1. The van der Waals surface area contributed by atoms with Crippen LogP contribution in [0, 0.1) is 0 Å². The lowest BCUT2D eigenvalue weighted by Gasteiger charge is -2.51. The molecule has 1 fully saturated rings. The fourth-order valence-electron chi connectivity index (χ4n) is 4.34. The van der Waals surface area contributed by atoms with E-state index in [0.717, 1.165) is 4.88 Å². The maximum absolute atomic E-state index is 12.9. The summed E-state index contributed by atoms with van der Waals surface area (Å²) < 4.78 is 11.8. The van der Waals surface area contributed by atoms with Crippen molar-refractivity contribution in [3.8, 4) is 0 Å². The van der Waals surface area contributed by atoms with E-state index in [1.807, 2.05) is 17.5 Å².